The topological polar surface area (TPSA) is 75.9 Å². The molecule has 0 unspecified atom stereocenters. The monoisotopic (exact) mass is 558 g/mol. The number of nitrogens with zero attached hydrogens (tertiary/aromatic N) is 3. The van der Waals surface area contributed by atoms with E-state index in [9.17, 15) is 21.6 Å². The first-order chi connectivity index (χ1) is 18.5. The Morgan fingerprint density at radius 3 is 2.21 bits per heavy atom. The summed E-state index contributed by atoms with van der Waals surface area (Å²) in [7, 11) is -3.66. The molecule has 39 heavy (non-hydrogen) atoms. The predicted molar refractivity (Wildman–Crippen MR) is 143 cm³/mol. The van der Waals surface area contributed by atoms with Crippen molar-refractivity contribution in [2.24, 2.45) is 0 Å². The number of sulfonamides is 1. The molecule has 0 saturated carbocycles. The first kappa shape index (κ1) is 27.0. The average Bonchev–Trinajstić information content (AvgIpc) is 3.33. The van der Waals surface area contributed by atoms with E-state index in [0.29, 0.717) is 37.5 Å². The molecule has 5 rings (SSSR count). The lowest BCUT2D eigenvalue weighted by molar-refractivity contribution is -0.274. The van der Waals surface area contributed by atoms with E-state index in [0.717, 1.165) is 22.5 Å². The molecule has 0 atom stereocenters. The summed E-state index contributed by atoms with van der Waals surface area (Å²) in [6.45, 7) is 4.91. The SMILES string of the molecule is CC(C)c1cnc2ccc(-c3ccc(S(=O)(=O)N4CCC(Nc5ccc(OC(F)(F)F)cc5)CC4)cc3)cn12. The second-order valence-corrected chi connectivity index (χ2v) is 11.8. The van der Waals surface area contributed by atoms with Crippen molar-refractivity contribution in [2.45, 2.75) is 49.9 Å². The molecule has 1 aliphatic heterocycles. The summed E-state index contributed by atoms with van der Waals surface area (Å²) in [6, 6.07) is 16.4. The van der Waals surface area contributed by atoms with E-state index in [1.165, 1.54) is 28.6 Å². The molecule has 1 fully saturated rings. The van der Waals surface area contributed by atoms with E-state index in [-0.39, 0.29) is 16.7 Å². The summed E-state index contributed by atoms with van der Waals surface area (Å²) in [5, 5.41) is 3.27. The number of imidazole rings is 1. The van der Waals surface area contributed by atoms with Gasteiger partial charge in [0.2, 0.25) is 10.0 Å². The number of pyridine rings is 1. The first-order valence-corrected chi connectivity index (χ1v) is 14.1. The molecule has 0 bridgehead atoms. The van der Waals surface area contributed by atoms with Gasteiger partial charge < -0.3 is 14.5 Å². The van der Waals surface area contributed by atoms with Crippen LogP contribution in [0.1, 0.15) is 38.3 Å². The third kappa shape index (κ3) is 6.04. The third-order valence-electron chi connectivity index (χ3n) is 6.86. The van der Waals surface area contributed by atoms with Crippen molar-refractivity contribution < 1.29 is 26.3 Å². The summed E-state index contributed by atoms with van der Waals surface area (Å²) < 4.78 is 71.1. The number of rotatable bonds is 7. The van der Waals surface area contributed by atoms with Gasteiger partial charge in [-0.25, -0.2) is 13.4 Å². The van der Waals surface area contributed by atoms with Crippen LogP contribution in [0.3, 0.4) is 0 Å². The van der Waals surface area contributed by atoms with Gasteiger partial charge in [-0.15, -0.1) is 13.2 Å². The fraction of sp³-hybridized carbons (Fsp3) is 0.321. The number of aromatic nitrogens is 2. The second-order valence-electron chi connectivity index (χ2n) is 9.90. The number of halogens is 3. The van der Waals surface area contributed by atoms with Crippen LogP contribution in [0, 0.1) is 0 Å². The Bertz CT molecular complexity index is 1540. The lowest BCUT2D eigenvalue weighted by Crippen LogP contribution is -2.42. The van der Waals surface area contributed by atoms with Gasteiger partial charge in [-0.2, -0.15) is 4.31 Å². The standard InChI is InChI=1S/C28H29F3N4O3S/c1-19(2)26-17-32-27-12-5-21(18-35(26)27)20-3-10-25(11-4-20)39(36,37)34-15-13-23(14-16-34)33-22-6-8-24(9-7-22)38-28(29,30)31/h3-12,17-19,23,33H,13-16H2,1-2H3. The van der Waals surface area contributed by atoms with Gasteiger partial charge in [0.05, 0.1) is 4.90 Å². The molecule has 1 N–H and O–H groups in total. The summed E-state index contributed by atoms with van der Waals surface area (Å²) in [5.74, 6) is 0.0306. The molecule has 7 nitrogen and oxygen atoms in total. The van der Waals surface area contributed by atoms with Crippen LogP contribution >= 0.6 is 0 Å². The van der Waals surface area contributed by atoms with Gasteiger partial charge in [0, 0.05) is 42.9 Å². The fourth-order valence-corrected chi connectivity index (χ4v) is 6.26. The second kappa shape index (κ2) is 10.5. The van der Waals surface area contributed by atoms with Gasteiger partial charge in [0.1, 0.15) is 11.4 Å². The Morgan fingerprint density at radius 1 is 0.949 bits per heavy atom. The van der Waals surface area contributed by atoms with Gasteiger partial charge in [-0.1, -0.05) is 26.0 Å². The Morgan fingerprint density at radius 2 is 1.59 bits per heavy atom. The Labute approximate surface area is 225 Å². The average molecular weight is 559 g/mol. The Kier molecular flexibility index (Phi) is 7.30. The zero-order valence-corrected chi connectivity index (χ0v) is 22.3. The van der Waals surface area contributed by atoms with E-state index in [2.05, 4.69) is 33.3 Å². The molecule has 0 aliphatic carbocycles. The molecule has 4 aromatic rings. The summed E-state index contributed by atoms with van der Waals surface area (Å²) >= 11 is 0. The lowest BCUT2D eigenvalue weighted by Gasteiger charge is -2.32. The van der Waals surface area contributed by atoms with Crippen molar-refractivity contribution in [3.05, 3.63) is 78.8 Å². The minimum absolute atomic E-state index is 0.00188. The smallest absolute Gasteiger partial charge is 0.406 e. The number of benzene rings is 2. The van der Waals surface area contributed by atoms with Crippen molar-refractivity contribution in [3.8, 4) is 16.9 Å². The molecule has 2 aromatic heterocycles. The molecule has 0 spiro atoms. The zero-order valence-electron chi connectivity index (χ0n) is 21.5. The highest BCUT2D eigenvalue weighted by molar-refractivity contribution is 7.89. The first-order valence-electron chi connectivity index (χ1n) is 12.7. The van der Waals surface area contributed by atoms with Gasteiger partial charge in [-0.05, 0) is 78.4 Å². The molecule has 0 amide bonds. The number of anilines is 1. The van der Waals surface area contributed by atoms with Crippen LogP contribution in [0.25, 0.3) is 16.8 Å². The van der Waals surface area contributed by atoms with Crippen LogP contribution in [-0.4, -0.2) is 47.6 Å². The molecule has 2 aromatic carbocycles. The molecule has 1 saturated heterocycles. The van der Waals surface area contributed by atoms with Gasteiger partial charge >= 0.3 is 6.36 Å². The van der Waals surface area contributed by atoms with E-state index >= 15 is 0 Å². The van der Waals surface area contributed by atoms with Crippen LogP contribution in [-0.2, 0) is 10.0 Å². The fourth-order valence-electron chi connectivity index (χ4n) is 4.79. The number of hydrogen-bond donors (Lipinski definition) is 1. The predicted octanol–water partition coefficient (Wildman–Crippen LogP) is 6.29. The van der Waals surface area contributed by atoms with Crippen molar-refractivity contribution in [3.63, 3.8) is 0 Å². The van der Waals surface area contributed by atoms with Gasteiger partial charge in [-0.3, -0.25) is 0 Å². The quantitative estimate of drug-likeness (QED) is 0.289. The van der Waals surface area contributed by atoms with Crippen molar-refractivity contribution in [2.75, 3.05) is 18.4 Å². The highest BCUT2D eigenvalue weighted by atomic mass is 32.2. The Hall–Kier alpha value is -3.57. The minimum atomic E-state index is -4.74. The molecular formula is C28H29F3N4O3S. The van der Waals surface area contributed by atoms with E-state index in [1.54, 1.807) is 12.1 Å². The third-order valence-corrected chi connectivity index (χ3v) is 8.78. The molecule has 3 heterocycles. The van der Waals surface area contributed by atoms with Crippen LogP contribution in [0.5, 0.6) is 5.75 Å². The van der Waals surface area contributed by atoms with Crippen LogP contribution in [0.2, 0.25) is 0 Å². The van der Waals surface area contributed by atoms with Crippen LogP contribution < -0.4 is 10.1 Å². The summed E-state index contributed by atoms with van der Waals surface area (Å²) in [5.41, 5.74) is 4.50. The summed E-state index contributed by atoms with van der Waals surface area (Å²) in [6.07, 6.45) is 0.305. The van der Waals surface area contributed by atoms with Crippen molar-refractivity contribution >= 4 is 21.4 Å². The van der Waals surface area contributed by atoms with E-state index in [1.807, 2.05) is 36.7 Å². The zero-order chi connectivity index (χ0) is 27.8. The normalized spacial score (nSPS) is 15.6. The van der Waals surface area contributed by atoms with Crippen LogP contribution in [0.15, 0.2) is 78.0 Å². The highest BCUT2D eigenvalue weighted by Gasteiger charge is 2.31. The van der Waals surface area contributed by atoms with E-state index in [4.69, 9.17) is 0 Å². The molecular weight excluding hydrogens is 529 g/mol. The molecule has 0 radical (unpaired) electrons. The number of alkyl halides is 3. The number of fused-ring (bicyclic) bond motifs is 1. The molecule has 206 valence electrons. The van der Waals surface area contributed by atoms with Crippen molar-refractivity contribution in [1.29, 1.82) is 0 Å². The molecule has 11 heteroatoms. The minimum Gasteiger partial charge on any atom is -0.406 e. The van der Waals surface area contributed by atoms with Crippen molar-refractivity contribution in [1.82, 2.24) is 13.7 Å². The molecule has 1 aliphatic rings. The Balaban J connectivity index is 1.22. The largest absolute Gasteiger partial charge is 0.573 e. The maximum atomic E-state index is 13.3. The van der Waals surface area contributed by atoms with E-state index < -0.39 is 16.4 Å². The van der Waals surface area contributed by atoms with Gasteiger partial charge in [0.25, 0.3) is 0 Å². The maximum absolute atomic E-state index is 13.3. The number of piperidine rings is 1. The highest BCUT2D eigenvalue weighted by Crippen LogP contribution is 2.28. The summed E-state index contributed by atoms with van der Waals surface area (Å²) in [4.78, 5) is 4.69. The number of ether oxygens (including phenoxy) is 1. The van der Waals surface area contributed by atoms with Gasteiger partial charge in [0.15, 0.2) is 0 Å². The number of nitrogens with one attached hydrogen (secondary N) is 1. The maximum Gasteiger partial charge on any atom is 0.573 e. The number of hydrogen-bond acceptors (Lipinski definition) is 5. The lowest BCUT2D eigenvalue weighted by atomic mass is 10.1. The van der Waals surface area contributed by atoms with Crippen LogP contribution in [0.4, 0.5) is 18.9 Å².